The normalized spacial score (nSPS) is 15.9. The summed E-state index contributed by atoms with van der Waals surface area (Å²) in [6.07, 6.45) is 0.172. The summed E-state index contributed by atoms with van der Waals surface area (Å²) in [7, 11) is 0. The Balaban J connectivity index is 1.99. The summed E-state index contributed by atoms with van der Waals surface area (Å²) < 4.78 is 0. The molecule has 1 fully saturated rings. The van der Waals surface area contributed by atoms with Gasteiger partial charge >= 0.3 is 6.09 Å². The SMILES string of the molecule is Nc1ccc(C(=O)N2CCC(NC(=O)O)CC2)c(Cl)c1. The first-order chi connectivity index (χ1) is 9.47. The van der Waals surface area contributed by atoms with Crippen LogP contribution in [0.3, 0.4) is 0 Å². The lowest BCUT2D eigenvalue weighted by atomic mass is 10.0. The third-order valence-electron chi connectivity index (χ3n) is 3.33. The third kappa shape index (κ3) is 3.33. The molecule has 2 rings (SSSR count). The van der Waals surface area contributed by atoms with Gasteiger partial charge in [-0.3, -0.25) is 4.79 Å². The van der Waals surface area contributed by atoms with Crippen molar-refractivity contribution >= 4 is 29.3 Å². The minimum absolute atomic E-state index is 0.0987. The molecule has 1 aromatic rings. The predicted molar refractivity (Wildman–Crippen MR) is 76.0 cm³/mol. The highest BCUT2D eigenvalue weighted by molar-refractivity contribution is 6.34. The van der Waals surface area contributed by atoms with Gasteiger partial charge in [0.1, 0.15) is 0 Å². The molecule has 6 nitrogen and oxygen atoms in total. The maximum atomic E-state index is 12.3. The highest BCUT2D eigenvalue weighted by atomic mass is 35.5. The second-order valence-corrected chi connectivity index (χ2v) is 5.16. The van der Waals surface area contributed by atoms with Crippen LogP contribution in [-0.2, 0) is 0 Å². The maximum Gasteiger partial charge on any atom is 0.404 e. The van der Waals surface area contributed by atoms with Crippen molar-refractivity contribution in [3.05, 3.63) is 28.8 Å². The van der Waals surface area contributed by atoms with Gasteiger partial charge in [0.25, 0.3) is 5.91 Å². The van der Waals surface area contributed by atoms with Crippen LogP contribution in [0.15, 0.2) is 18.2 Å². The van der Waals surface area contributed by atoms with Crippen LogP contribution in [0.1, 0.15) is 23.2 Å². The number of nitrogens with one attached hydrogen (secondary N) is 1. The molecule has 7 heteroatoms. The van der Waals surface area contributed by atoms with E-state index in [9.17, 15) is 9.59 Å². The van der Waals surface area contributed by atoms with E-state index in [4.69, 9.17) is 22.4 Å². The first-order valence-electron chi connectivity index (χ1n) is 6.31. The van der Waals surface area contributed by atoms with Crippen molar-refractivity contribution in [3.8, 4) is 0 Å². The van der Waals surface area contributed by atoms with E-state index in [1.54, 1.807) is 23.1 Å². The number of piperidine rings is 1. The van der Waals surface area contributed by atoms with Crippen LogP contribution < -0.4 is 11.1 Å². The Morgan fingerprint density at radius 2 is 2.00 bits per heavy atom. The van der Waals surface area contributed by atoms with Gasteiger partial charge in [-0.05, 0) is 31.0 Å². The number of rotatable bonds is 2. The molecule has 108 valence electrons. The second-order valence-electron chi connectivity index (χ2n) is 4.76. The van der Waals surface area contributed by atoms with Crippen molar-refractivity contribution in [3.63, 3.8) is 0 Å². The summed E-state index contributed by atoms with van der Waals surface area (Å²) in [5.41, 5.74) is 6.53. The Hall–Kier alpha value is -1.95. The fourth-order valence-corrected chi connectivity index (χ4v) is 2.55. The minimum atomic E-state index is -1.03. The minimum Gasteiger partial charge on any atom is -0.465 e. The van der Waals surface area contributed by atoms with Crippen molar-refractivity contribution in [2.45, 2.75) is 18.9 Å². The van der Waals surface area contributed by atoms with Crippen LogP contribution in [0.5, 0.6) is 0 Å². The molecule has 0 unspecified atom stereocenters. The molecular formula is C13H16ClN3O3. The van der Waals surface area contributed by atoms with Gasteiger partial charge in [0, 0.05) is 24.8 Å². The van der Waals surface area contributed by atoms with Crippen LogP contribution >= 0.6 is 11.6 Å². The first kappa shape index (κ1) is 14.5. The fraction of sp³-hybridized carbons (Fsp3) is 0.385. The van der Waals surface area contributed by atoms with E-state index in [-0.39, 0.29) is 11.9 Å². The van der Waals surface area contributed by atoms with Gasteiger partial charge in [-0.25, -0.2) is 4.79 Å². The molecule has 20 heavy (non-hydrogen) atoms. The van der Waals surface area contributed by atoms with Gasteiger partial charge in [-0.1, -0.05) is 11.6 Å². The van der Waals surface area contributed by atoms with E-state index >= 15 is 0 Å². The Morgan fingerprint density at radius 3 is 2.55 bits per heavy atom. The van der Waals surface area contributed by atoms with Crippen molar-refractivity contribution < 1.29 is 14.7 Å². The molecule has 1 saturated heterocycles. The lowest BCUT2D eigenvalue weighted by Gasteiger charge is -2.32. The average molecular weight is 298 g/mol. The molecule has 0 saturated carbocycles. The van der Waals surface area contributed by atoms with Crippen molar-refractivity contribution in [1.29, 1.82) is 0 Å². The highest BCUT2D eigenvalue weighted by Gasteiger charge is 2.25. The largest absolute Gasteiger partial charge is 0.465 e. The van der Waals surface area contributed by atoms with E-state index in [1.165, 1.54) is 0 Å². The van der Waals surface area contributed by atoms with Crippen LogP contribution in [0.4, 0.5) is 10.5 Å². The number of carbonyl (C=O) groups is 2. The summed E-state index contributed by atoms with van der Waals surface area (Å²) in [6, 6.07) is 4.70. The summed E-state index contributed by atoms with van der Waals surface area (Å²) in [5.74, 6) is -0.149. The van der Waals surface area contributed by atoms with Crippen molar-refractivity contribution in [1.82, 2.24) is 10.2 Å². The molecule has 2 amide bonds. The number of amides is 2. The smallest absolute Gasteiger partial charge is 0.404 e. The maximum absolute atomic E-state index is 12.3. The Bertz CT molecular complexity index is 528. The molecule has 0 atom stereocenters. The molecule has 1 heterocycles. The van der Waals surface area contributed by atoms with Crippen molar-refractivity contribution in [2.24, 2.45) is 0 Å². The lowest BCUT2D eigenvalue weighted by molar-refractivity contribution is 0.0706. The second kappa shape index (κ2) is 6.00. The van der Waals surface area contributed by atoms with Gasteiger partial charge in [-0.15, -0.1) is 0 Å². The number of hydrogen-bond acceptors (Lipinski definition) is 3. The van der Waals surface area contributed by atoms with E-state index in [2.05, 4.69) is 5.32 Å². The lowest BCUT2D eigenvalue weighted by Crippen LogP contribution is -2.46. The number of halogens is 1. The zero-order valence-electron chi connectivity index (χ0n) is 10.8. The summed E-state index contributed by atoms with van der Waals surface area (Å²) >= 11 is 6.02. The quantitative estimate of drug-likeness (QED) is 0.725. The number of nitrogen functional groups attached to an aromatic ring is 1. The molecule has 0 aromatic heterocycles. The number of carbonyl (C=O) groups excluding carboxylic acids is 1. The molecule has 0 aliphatic carbocycles. The van der Waals surface area contributed by atoms with Gasteiger partial charge < -0.3 is 21.1 Å². The van der Waals surface area contributed by atoms with E-state index in [1.807, 2.05) is 0 Å². The predicted octanol–water partition coefficient (Wildman–Crippen LogP) is 1.79. The van der Waals surface area contributed by atoms with Gasteiger partial charge in [0.05, 0.1) is 10.6 Å². The van der Waals surface area contributed by atoms with Crippen LogP contribution in [0.2, 0.25) is 5.02 Å². The van der Waals surface area contributed by atoms with Gasteiger partial charge in [0.15, 0.2) is 0 Å². The summed E-state index contributed by atoms with van der Waals surface area (Å²) in [5, 5.41) is 11.4. The van der Waals surface area contributed by atoms with Crippen LogP contribution in [0, 0.1) is 0 Å². The number of carboxylic acid groups (broad SMARTS) is 1. The van der Waals surface area contributed by atoms with E-state index in [0.29, 0.717) is 42.2 Å². The molecule has 0 spiro atoms. The molecule has 0 bridgehead atoms. The first-order valence-corrected chi connectivity index (χ1v) is 6.69. The third-order valence-corrected chi connectivity index (χ3v) is 3.65. The van der Waals surface area contributed by atoms with Crippen LogP contribution in [-0.4, -0.2) is 41.1 Å². The molecule has 0 radical (unpaired) electrons. The Labute approximate surface area is 121 Å². The average Bonchev–Trinajstić information content (AvgIpc) is 2.38. The summed E-state index contributed by atoms with van der Waals surface area (Å²) in [4.78, 5) is 24.6. The number of hydrogen-bond donors (Lipinski definition) is 3. The highest BCUT2D eigenvalue weighted by Crippen LogP contribution is 2.22. The van der Waals surface area contributed by atoms with Crippen molar-refractivity contribution in [2.75, 3.05) is 18.8 Å². The van der Waals surface area contributed by atoms with E-state index in [0.717, 1.165) is 0 Å². The number of anilines is 1. The molecular weight excluding hydrogens is 282 g/mol. The molecule has 4 N–H and O–H groups in total. The zero-order chi connectivity index (χ0) is 14.7. The number of likely N-dealkylation sites (tertiary alicyclic amines) is 1. The topological polar surface area (TPSA) is 95.7 Å². The number of nitrogens with two attached hydrogens (primary N) is 1. The monoisotopic (exact) mass is 297 g/mol. The fourth-order valence-electron chi connectivity index (χ4n) is 2.28. The molecule has 1 aliphatic heterocycles. The number of benzene rings is 1. The Morgan fingerprint density at radius 1 is 1.35 bits per heavy atom. The summed E-state index contributed by atoms with van der Waals surface area (Å²) in [6.45, 7) is 1.01. The van der Waals surface area contributed by atoms with Gasteiger partial charge in [-0.2, -0.15) is 0 Å². The molecule has 1 aliphatic rings. The van der Waals surface area contributed by atoms with E-state index < -0.39 is 6.09 Å². The Kier molecular flexibility index (Phi) is 4.34. The number of nitrogens with zero attached hydrogens (tertiary/aromatic N) is 1. The zero-order valence-corrected chi connectivity index (χ0v) is 11.6. The van der Waals surface area contributed by atoms with Gasteiger partial charge in [0.2, 0.25) is 0 Å². The molecule has 1 aromatic carbocycles. The standard InChI is InChI=1S/C13H16ClN3O3/c14-11-7-8(15)1-2-10(11)12(18)17-5-3-9(4-6-17)16-13(19)20/h1-2,7,9,16H,3-6,15H2,(H,19,20). The van der Waals surface area contributed by atoms with Crippen LogP contribution in [0.25, 0.3) is 0 Å².